The van der Waals surface area contributed by atoms with Gasteiger partial charge in [-0.2, -0.15) is 0 Å². The molecule has 0 bridgehead atoms. The predicted octanol–water partition coefficient (Wildman–Crippen LogP) is 3.26. The summed E-state index contributed by atoms with van der Waals surface area (Å²) < 4.78 is 0. The van der Waals surface area contributed by atoms with E-state index >= 15 is 0 Å². The van der Waals surface area contributed by atoms with Gasteiger partial charge in [0.15, 0.2) is 0 Å². The number of H-pyrrole nitrogens is 1. The number of benzene rings is 1. The Hall–Kier alpha value is -2.14. The third kappa shape index (κ3) is 5.43. The second-order valence-electron chi connectivity index (χ2n) is 7.97. The lowest BCUT2D eigenvalue weighted by Crippen LogP contribution is -2.52. The van der Waals surface area contributed by atoms with Crippen molar-refractivity contribution in [3.63, 3.8) is 0 Å². The topological polar surface area (TPSA) is 74.0 Å². The largest absolute Gasteiger partial charge is 0.361 e. The maximum atomic E-state index is 12.5. The molecule has 5 heteroatoms. The first-order chi connectivity index (χ1) is 12.2. The van der Waals surface area contributed by atoms with Gasteiger partial charge in [-0.05, 0) is 57.7 Å². The molecule has 3 N–H and O–H groups in total. The molecule has 0 spiro atoms. The van der Waals surface area contributed by atoms with Gasteiger partial charge in [-0.1, -0.05) is 25.5 Å². The highest BCUT2D eigenvalue weighted by molar-refractivity contribution is 6.38. The molecule has 1 aromatic heterocycles. The minimum atomic E-state index is -0.504. The summed E-state index contributed by atoms with van der Waals surface area (Å²) in [6.07, 6.45) is 4.17. The molecule has 0 aliphatic carbocycles. The number of aryl methyl sites for hydroxylation is 1. The molecular weight excluding hydrogens is 326 g/mol. The van der Waals surface area contributed by atoms with E-state index < -0.39 is 11.9 Å². The van der Waals surface area contributed by atoms with Crippen LogP contribution in [0.1, 0.15) is 51.7 Å². The maximum absolute atomic E-state index is 12.5. The Labute approximate surface area is 155 Å². The minimum absolute atomic E-state index is 0.210. The van der Waals surface area contributed by atoms with E-state index in [0.717, 1.165) is 22.9 Å². The highest BCUT2D eigenvalue weighted by Crippen LogP contribution is 2.19. The Kier molecular flexibility index (Phi) is 6.59. The minimum Gasteiger partial charge on any atom is -0.361 e. The molecule has 0 aliphatic heterocycles. The molecule has 1 amide bonds. The predicted molar refractivity (Wildman–Crippen MR) is 106 cm³/mol. The Morgan fingerprint density at radius 2 is 1.96 bits per heavy atom. The molecule has 142 valence electrons. The zero-order valence-corrected chi connectivity index (χ0v) is 16.5. The van der Waals surface area contributed by atoms with Gasteiger partial charge in [0.05, 0.1) is 6.04 Å². The van der Waals surface area contributed by atoms with E-state index in [9.17, 15) is 9.59 Å². The summed E-state index contributed by atoms with van der Waals surface area (Å²) in [6, 6.07) is 5.84. The van der Waals surface area contributed by atoms with Gasteiger partial charge in [0.25, 0.3) is 5.91 Å². The van der Waals surface area contributed by atoms with Crippen LogP contribution in [-0.2, 0) is 16.0 Å². The van der Waals surface area contributed by atoms with Crippen molar-refractivity contribution in [2.24, 2.45) is 0 Å². The van der Waals surface area contributed by atoms with E-state index in [4.69, 9.17) is 0 Å². The van der Waals surface area contributed by atoms with Crippen molar-refractivity contribution in [2.75, 3.05) is 6.54 Å². The molecule has 0 aliphatic rings. The first-order valence-electron chi connectivity index (χ1n) is 9.37. The molecule has 5 nitrogen and oxygen atoms in total. The van der Waals surface area contributed by atoms with E-state index in [1.165, 1.54) is 5.56 Å². The highest BCUT2D eigenvalue weighted by atomic mass is 16.2. The van der Waals surface area contributed by atoms with Crippen molar-refractivity contribution in [1.29, 1.82) is 0 Å². The van der Waals surface area contributed by atoms with Crippen LogP contribution in [0.4, 0.5) is 0 Å². The lowest BCUT2D eigenvalue weighted by atomic mass is 10.0. The van der Waals surface area contributed by atoms with E-state index in [1.807, 2.05) is 33.9 Å². The van der Waals surface area contributed by atoms with Gasteiger partial charge < -0.3 is 15.6 Å². The number of aromatic amines is 1. The van der Waals surface area contributed by atoms with Crippen molar-refractivity contribution in [1.82, 2.24) is 15.6 Å². The summed E-state index contributed by atoms with van der Waals surface area (Å²) >= 11 is 0. The van der Waals surface area contributed by atoms with Crippen molar-refractivity contribution in [3.05, 3.63) is 35.5 Å². The quantitative estimate of drug-likeness (QED) is 0.635. The van der Waals surface area contributed by atoms with Crippen LogP contribution in [0.25, 0.3) is 10.9 Å². The van der Waals surface area contributed by atoms with Gasteiger partial charge in [-0.3, -0.25) is 9.59 Å². The number of carbonyl (C=O) groups excluding carboxylic acids is 2. The molecule has 0 radical (unpaired) electrons. The number of Topliss-reactive ketones (excluding diaryl/α,β-unsaturated/α-hetero) is 1. The molecule has 2 rings (SSSR count). The van der Waals surface area contributed by atoms with Gasteiger partial charge in [0, 0.05) is 29.2 Å². The van der Waals surface area contributed by atoms with Gasteiger partial charge in [-0.25, -0.2) is 0 Å². The van der Waals surface area contributed by atoms with E-state index in [0.29, 0.717) is 19.4 Å². The molecule has 26 heavy (non-hydrogen) atoms. The number of ketones is 1. The maximum Gasteiger partial charge on any atom is 0.289 e. The summed E-state index contributed by atoms with van der Waals surface area (Å²) in [5.74, 6) is -0.882. The molecule has 2 aromatic rings. The Morgan fingerprint density at radius 1 is 1.23 bits per heavy atom. The normalized spacial score (nSPS) is 13.0. The third-order valence-corrected chi connectivity index (χ3v) is 4.33. The zero-order valence-electron chi connectivity index (χ0n) is 16.5. The molecule has 1 aromatic carbocycles. The molecule has 0 saturated heterocycles. The average Bonchev–Trinajstić information content (AvgIpc) is 2.94. The summed E-state index contributed by atoms with van der Waals surface area (Å²) in [4.78, 5) is 28.0. The standard InChI is InChI=1S/C21H31N3O2/c1-6-7-17(24-21(3,4)5)19(25)20(26)22-11-10-15-13-23-18-12-14(2)8-9-16(15)18/h8-9,12-13,17,23-24H,6-7,10-11H2,1-5H3,(H,22,26). The van der Waals surface area contributed by atoms with Crippen LogP contribution < -0.4 is 10.6 Å². The van der Waals surface area contributed by atoms with Crippen molar-refractivity contribution < 1.29 is 9.59 Å². The molecule has 0 saturated carbocycles. The van der Waals surface area contributed by atoms with Crippen molar-refractivity contribution in [3.8, 4) is 0 Å². The summed E-state index contributed by atoms with van der Waals surface area (Å²) in [6.45, 7) is 10.5. The van der Waals surface area contributed by atoms with Gasteiger partial charge >= 0.3 is 0 Å². The van der Waals surface area contributed by atoms with Gasteiger partial charge in [0.2, 0.25) is 5.78 Å². The van der Waals surface area contributed by atoms with Crippen LogP contribution in [0.5, 0.6) is 0 Å². The molecule has 1 atom stereocenters. The SMILES string of the molecule is CCCC(NC(C)(C)C)C(=O)C(=O)NCCc1c[nH]c2cc(C)ccc12. The number of hydrogen-bond acceptors (Lipinski definition) is 3. The van der Waals surface area contributed by atoms with Crippen LogP contribution in [-0.4, -0.2) is 34.8 Å². The number of aromatic nitrogens is 1. The van der Waals surface area contributed by atoms with E-state index in [-0.39, 0.29) is 11.3 Å². The number of rotatable bonds is 8. The fourth-order valence-electron chi connectivity index (χ4n) is 3.14. The zero-order chi connectivity index (χ0) is 19.3. The van der Waals surface area contributed by atoms with Gasteiger partial charge in [0.1, 0.15) is 0 Å². The third-order valence-electron chi connectivity index (χ3n) is 4.33. The Bertz CT molecular complexity index is 771. The number of nitrogens with one attached hydrogen (secondary N) is 3. The van der Waals surface area contributed by atoms with Gasteiger partial charge in [-0.15, -0.1) is 0 Å². The Balaban J connectivity index is 1.93. The Morgan fingerprint density at radius 3 is 2.62 bits per heavy atom. The fraction of sp³-hybridized carbons (Fsp3) is 0.524. The molecule has 0 fully saturated rings. The van der Waals surface area contributed by atoms with E-state index in [1.54, 1.807) is 0 Å². The van der Waals surface area contributed by atoms with Crippen molar-refractivity contribution in [2.45, 2.75) is 65.5 Å². The molecule has 1 unspecified atom stereocenters. The fourth-order valence-corrected chi connectivity index (χ4v) is 3.14. The number of fused-ring (bicyclic) bond motifs is 1. The average molecular weight is 357 g/mol. The number of amides is 1. The highest BCUT2D eigenvalue weighted by Gasteiger charge is 2.27. The number of carbonyl (C=O) groups is 2. The second-order valence-corrected chi connectivity index (χ2v) is 7.97. The summed E-state index contributed by atoms with van der Waals surface area (Å²) in [5, 5.41) is 7.20. The second kappa shape index (κ2) is 8.49. The summed E-state index contributed by atoms with van der Waals surface area (Å²) in [7, 11) is 0. The van der Waals surface area contributed by atoms with Crippen molar-refractivity contribution >= 4 is 22.6 Å². The summed E-state index contributed by atoms with van der Waals surface area (Å²) in [5.41, 5.74) is 3.24. The molecule has 1 heterocycles. The molecular formula is C21H31N3O2. The lowest BCUT2D eigenvalue weighted by Gasteiger charge is -2.27. The van der Waals surface area contributed by atoms with Crippen LogP contribution in [0, 0.1) is 6.92 Å². The number of hydrogen-bond donors (Lipinski definition) is 3. The van der Waals surface area contributed by atoms with E-state index in [2.05, 4.69) is 40.7 Å². The van der Waals surface area contributed by atoms with Crippen LogP contribution >= 0.6 is 0 Å². The lowest BCUT2D eigenvalue weighted by molar-refractivity contribution is -0.139. The first kappa shape index (κ1) is 20.2. The smallest absolute Gasteiger partial charge is 0.289 e. The first-order valence-corrected chi connectivity index (χ1v) is 9.37. The van der Waals surface area contributed by atoms with Crippen LogP contribution in [0.3, 0.4) is 0 Å². The monoisotopic (exact) mass is 357 g/mol. The van der Waals surface area contributed by atoms with Crippen LogP contribution in [0.2, 0.25) is 0 Å². The van der Waals surface area contributed by atoms with Crippen LogP contribution in [0.15, 0.2) is 24.4 Å².